The summed E-state index contributed by atoms with van der Waals surface area (Å²) in [6.45, 7) is 6.77. The minimum atomic E-state index is -0.477. The third kappa shape index (κ3) is 4.49. The minimum Gasteiger partial charge on any atom is -0.444 e. The number of rotatable bonds is 3. The number of hydrogen-bond donors (Lipinski definition) is 0. The Balaban J connectivity index is 1.89. The van der Waals surface area contributed by atoms with Crippen molar-refractivity contribution in [1.82, 2.24) is 4.90 Å². The molecule has 0 spiro atoms. The first kappa shape index (κ1) is 17.3. The molecule has 1 fully saturated rings. The molecule has 22 heavy (non-hydrogen) atoms. The van der Waals surface area contributed by atoms with Crippen LogP contribution in [0.25, 0.3) is 0 Å². The van der Waals surface area contributed by atoms with Crippen LogP contribution in [-0.4, -0.2) is 41.7 Å². The van der Waals surface area contributed by atoms with Gasteiger partial charge in [0.25, 0.3) is 0 Å². The fraction of sp³-hybridized carbons (Fsp3) is 0.625. The Morgan fingerprint density at radius 3 is 2.41 bits per heavy atom. The zero-order chi connectivity index (χ0) is 16.3. The third-order valence-corrected chi connectivity index (χ3v) is 5.73. The Bertz CT molecular complexity index is 540. The van der Waals surface area contributed by atoms with Gasteiger partial charge in [0.2, 0.25) is 0 Å². The van der Waals surface area contributed by atoms with Crippen LogP contribution in [0, 0.1) is 5.92 Å². The van der Waals surface area contributed by atoms with E-state index in [1.165, 1.54) is 0 Å². The number of hydrogen-bond acceptors (Lipinski definition) is 5. The number of nitrogens with zero attached hydrogens (tertiary/aromatic N) is 1. The van der Waals surface area contributed by atoms with Crippen molar-refractivity contribution in [2.75, 3.05) is 19.3 Å². The number of likely N-dealkylation sites (tertiary alicyclic amines) is 1. The zero-order valence-corrected chi connectivity index (χ0v) is 15.2. The van der Waals surface area contributed by atoms with E-state index in [1.807, 2.05) is 39.2 Å². The summed E-state index contributed by atoms with van der Waals surface area (Å²) in [5.41, 5.74) is -0.477. The smallest absolute Gasteiger partial charge is 0.410 e. The molecular weight excluding hydrogens is 318 g/mol. The first-order valence-corrected chi connectivity index (χ1v) is 9.50. The van der Waals surface area contributed by atoms with Crippen molar-refractivity contribution < 1.29 is 14.3 Å². The number of Topliss-reactive ketones (excluding diaryl/α,β-unsaturated/α-hetero) is 1. The highest BCUT2D eigenvalue weighted by atomic mass is 32.2. The summed E-state index contributed by atoms with van der Waals surface area (Å²) < 4.78 is 6.54. The fourth-order valence-electron chi connectivity index (χ4n) is 2.41. The van der Waals surface area contributed by atoms with Gasteiger partial charge in [0, 0.05) is 19.0 Å². The van der Waals surface area contributed by atoms with Gasteiger partial charge >= 0.3 is 6.09 Å². The molecule has 0 radical (unpaired) electrons. The molecule has 0 N–H and O–H groups in total. The summed E-state index contributed by atoms with van der Waals surface area (Å²) in [7, 11) is 0. The van der Waals surface area contributed by atoms with Crippen LogP contribution in [-0.2, 0) is 4.74 Å². The highest BCUT2D eigenvalue weighted by Crippen LogP contribution is 2.30. The molecule has 1 aliphatic heterocycles. The summed E-state index contributed by atoms with van der Waals surface area (Å²) in [4.78, 5) is 27.1. The van der Waals surface area contributed by atoms with Crippen molar-refractivity contribution in [1.29, 1.82) is 0 Å². The maximum Gasteiger partial charge on any atom is 0.410 e. The summed E-state index contributed by atoms with van der Waals surface area (Å²) in [5, 5.41) is 0. The molecule has 1 aliphatic rings. The third-order valence-electron chi connectivity index (χ3n) is 3.54. The van der Waals surface area contributed by atoms with E-state index in [0.29, 0.717) is 25.9 Å². The van der Waals surface area contributed by atoms with Crippen LogP contribution in [0.2, 0.25) is 0 Å². The molecule has 0 saturated carbocycles. The van der Waals surface area contributed by atoms with Gasteiger partial charge in [-0.15, -0.1) is 23.1 Å². The summed E-state index contributed by atoms with van der Waals surface area (Å²) in [6.07, 6.45) is 3.16. The Morgan fingerprint density at radius 2 is 1.91 bits per heavy atom. The summed E-state index contributed by atoms with van der Waals surface area (Å²) >= 11 is 3.22. The average molecular weight is 341 g/mol. The van der Waals surface area contributed by atoms with Gasteiger partial charge in [-0.1, -0.05) is 0 Å². The molecular formula is C16H23NO3S2. The van der Waals surface area contributed by atoms with Crippen LogP contribution in [0.3, 0.4) is 0 Å². The van der Waals surface area contributed by atoms with E-state index in [2.05, 4.69) is 0 Å². The number of amides is 1. The molecule has 0 aliphatic carbocycles. The molecule has 2 heterocycles. The first-order valence-electron chi connectivity index (χ1n) is 7.46. The SMILES string of the molecule is CSc1ccc(C(=O)C2CCN(C(=O)OC(C)(C)C)CC2)s1. The Morgan fingerprint density at radius 1 is 1.27 bits per heavy atom. The van der Waals surface area contributed by atoms with Gasteiger partial charge in [-0.05, 0) is 52.0 Å². The van der Waals surface area contributed by atoms with E-state index >= 15 is 0 Å². The van der Waals surface area contributed by atoms with Gasteiger partial charge in [0.15, 0.2) is 5.78 Å². The molecule has 0 aromatic carbocycles. The molecule has 6 heteroatoms. The molecule has 2 rings (SSSR count). The van der Waals surface area contributed by atoms with Gasteiger partial charge in [-0.25, -0.2) is 4.79 Å². The molecule has 1 aromatic rings. The van der Waals surface area contributed by atoms with Crippen LogP contribution < -0.4 is 0 Å². The van der Waals surface area contributed by atoms with E-state index in [0.717, 1.165) is 9.09 Å². The van der Waals surface area contributed by atoms with Crippen molar-refractivity contribution >= 4 is 35.0 Å². The lowest BCUT2D eigenvalue weighted by Gasteiger charge is -2.32. The Labute approximate surface area is 140 Å². The highest BCUT2D eigenvalue weighted by Gasteiger charge is 2.30. The number of thioether (sulfide) groups is 1. The number of piperidine rings is 1. The van der Waals surface area contributed by atoms with E-state index in [9.17, 15) is 9.59 Å². The Hall–Kier alpha value is -1.01. The van der Waals surface area contributed by atoms with Crippen LogP contribution in [0.5, 0.6) is 0 Å². The van der Waals surface area contributed by atoms with Crippen molar-refractivity contribution in [2.24, 2.45) is 5.92 Å². The second kappa shape index (κ2) is 7.04. The van der Waals surface area contributed by atoms with Gasteiger partial charge < -0.3 is 9.64 Å². The predicted octanol–water partition coefficient (Wildman–Crippen LogP) is 4.30. The highest BCUT2D eigenvalue weighted by molar-refractivity contribution is 8.00. The molecule has 1 amide bonds. The second-order valence-corrected chi connectivity index (χ2v) is 8.62. The quantitative estimate of drug-likeness (QED) is 0.607. The van der Waals surface area contributed by atoms with Gasteiger partial charge in [0.05, 0.1) is 9.09 Å². The average Bonchev–Trinajstić information content (AvgIpc) is 2.94. The molecule has 1 saturated heterocycles. The minimum absolute atomic E-state index is 0.0204. The maximum absolute atomic E-state index is 12.5. The molecule has 0 bridgehead atoms. The normalized spacial score (nSPS) is 16.6. The largest absolute Gasteiger partial charge is 0.444 e. The molecule has 1 aromatic heterocycles. The molecule has 0 atom stereocenters. The number of carbonyl (C=O) groups excluding carboxylic acids is 2. The summed E-state index contributed by atoms with van der Waals surface area (Å²) in [6, 6.07) is 3.91. The molecule has 0 unspecified atom stereocenters. The van der Waals surface area contributed by atoms with Crippen LogP contribution >= 0.6 is 23.1 Å². The van der Waals surface area contributed by atoms with Crippen LogP contribution in [0.15, 0.2) is 16.3 Å². The number of thiophene rings is 1. The van der Waals surface area contributed by atoms with Crippen molar-refractivity contribution in [3.05, 3.63) is 17.0 Å². The molecule has 122 valence electrons. The maximum atomic E-state index is 12.5. The number of carbonyl (C=O) groups is 2. The second-order valence-electron chi connectivity index (χ2n) is 6.43. The lowest BCUT2D eigenvalue weighted by molar-refractivity contribution is 0.0182. The van der Waals surface area contributed by atoms with Gasteiger partial charge in [-0.2, -0.15) is 0 Å². The topological polar surface area (TPSA) is 46.6 Å². The number of ketones is 1. The van der Waals surface area contributed by atoms with Crippen molar-refractivity contribution in [2.45, 2.75) is 43.4 Å². The predicted molar refractivity (Wildman–Crippen MR) is 91.0 cm³/mol. The van der Waals surface area contributed by atoms with Crippen molar-refractivity contribution in [3.8, 4) is 0 Å². The van der Waals surface area contributed by atoms with E-state index < -0.39 is 5.60 Å². The summed E-state index contributed by atoms with van der Waals surface area (Å²) in [5.74, 6) is 0.237. The lowest BCUT2D eigenvalue weighted by Crippen LogP contribution is -2.42. The van der Waals surface area contributed by atoms with E-state index in [4.69, 9.17) is 4.74 Å². The van der Waals surface area contributed by atoms with Gasteiger partial charge in [0.1, 0.15) is 5.60 Å². The van der Waals surface area contributed by atoms with Crippen LogP contribution in [0.4, 0.5) is 4.79 Å². The monoisotopic (exact) mass is 341 g/mol. The van der Waals surface area contributed by atoms with E-state index in [-0.39, 0.29) is 17.8 Å². The van der Waals surface area contributed by atoms with Gasteiger partial charge in [-0.3, -0.25) is 4.79 Å². The van der Waals surface area contributed by atoms with Crippen molar-refractivity contribution in [3.63, 3.8) is 0 Å². The standard InChI is InChI=1S/C16H23NO3S2/c1-16(2,3)20-15(19)17-9-7-11(8-10-17)14(18)12-5-6-13(21-4)22-12/h5-6,11H,7-10H2,1-4H3. The fourth-order valence-corrected chi connectivity index (χ4v) is 3.98. The number of ether oxygens (including phenoxy) is 1. The Kier molecular flexibility index (Phi) is 5.55. The van der Waals surface area contributed by atoms with Crippen LogP contribution in [0.1, 0.15) is 43.3 Å². The lowest BCUT2D eigenvalue weighted by atomic mass is 9.92. The molecule has 4 nitrogen and oxygen atoms in total. The van der Waals surface area contributed by atoms with E-state index in [1.54, 1.807) is 28.0 Å². The zero-order valence-electron chi connectivity index (χ0n) is 13.5. The first-order chi connectivity index (χ1) is 10.3.